The van der Waals surface area contributed by atoms with Gasteiger partial charge in [0.15, 0.2) is 0 Å². The molecule has 1 aromatic rings. The van der Waals surface area contributed by atoms with Crippen LogP contribution in [0.4, 0.5) is 26.3 Å². The number of halogens is 6. The van der Waals surface area contributed by atoms with Gasteiger partial charge in [-0.3, -0.25) is 9.80 Å². The van der Waals surface area contributed by atoms with Crippen LogP contribution in [-0.2, 0) is 20.9 Å². The van der Waals surface area contributed by atoms with Gasteiger partial charge in [0.25, 0.3) is 0 Å². The zero-order valence-corrected chi connectivity index (χ0v) is 19.6. The monoisotopic (exact) mass is 532 g/mol. The maximum absolute atomic E-state index is 10.6. The molecule has 4 heterocycles. The molecular weight excluding hydrogens is 502 g/mol. The molecule has 0 aromatic carbocycles. The van der Waals surface area contributed by atoms with E-state index in [1.807, 2.05) is 6.92 Å². The second-order valence-electron chi connectivity index (χ2n) is 8.85. The number of nitrogens with zero attached hydrogens (tertiary/aromatic N) is 2. The topological polar surface area (TPSA) is 103 Å². The van der Waals surface area contributed by atoms with Gasteiger partial charge in [-0.25, -0.2) is 9.59 Å². The number of hydrogen-bond donors (Lipinski definition) is 2. The molecule has 36 heavy (non-hydrogen) atoms. The molecule has 0 radical (unpaired) electrons. The predicted molar refractivity (Wildman–Crippen MR) is 113 cm³/mol. The summed E-state index contributed by atoms with van der Waals surface area (Å²) < 4.78 is 74.7. The molecule has 0 amide bonds. The van der Waals surface area contributed by atoms with Gasteiger partial charge in [0, 0.05) is 44.9 Å². The number of rotatable bonds is 4. The quantitative estimate of drug-likeness (QED) is 0.563. The van der Waals surface area contributed by atoms with Crippen molar-refractivity contribution in [3.63, 3.8) is 0 Å². The lowest BCUT2D eigenvalue weighted by Gasteiger charge is -2.30. The Hall–Kier alpha value is -2.32. The van der Waals surface area contributed by atoms with Gasteiger partial charge in [0.05, 0.1) is 6.54 Å². The van der Waals surface area contributed by atoms with E-state index in [-0.39, 0.29) is 0 Å². The van der Waals surface area contributed by atoms with E-state index in [1.165, 1.54) is 45.3 Å². The Morgan fingerprint density at radius 1 is 0.889 bits per heavy atom. The fraction of sp³-hybridized carbons (Fsp3) is 0.727. The molecule has 0 aliphatic carbocycles. The number of carboxylic acid groups (broad SMARTS) is 2. The van der Waals surface area contributed by atoms with Gasteiger partial charge in [-0.05, 0) is 50.7 Å². The molecule has 2 unspecified atom stereocenters. The minimum Gasteiger partial charge on any atom is -0.475 e. The van der Waals surface area contributed by atoms with Crippen molar-refractivity contribution in [3.05, 3.63) is 23.7 Å². The van der Waals surface area contributed by atoms with Crippen LogP contribution in [0, 0.1) is 12.8 Å². The molecule has 0 bridgehead atoms. The smallest absolute Gasteiger partial charge is 0.475 e. The van der Waals surface area contributed by atoms with E-state index in [2.05, 4.69) is 21.9 Å². The second kappa shape index (κ2) is 12.8. The molecule has 4 rings (SSSR count). The van der Waals surface area contributed by atoms with E-state index in [4.69, 9.17) is 29.0 Å². The first kappa shape index (κ1) is 29.9. The normalized spacial score (nSPS) is 23.3. The van der Waals surface area contributed by atoms with Gasteiger partial charge in [-0.2, -0.15) is 26.3 Å². The third kappa shape index (κ3) is 9.28. The maximum atomic E-state index is 10.6. The van der Waals surface area contributed by atoms with Crippen molar-refractivity contribution in [3.8, 4) is 0 Å². The highest BCUT2D eigenvalue weighted by molar-refractivity contribution is 5.73. The average Bonchev–Trinajstić information content (AvgIpc) is 3.47. The van der Waals surface area contributed by atoms with Crippen molar-refractivity contribution in [2.75, 3.05) is 32.8 Å². The molecule has 14 heteroatoms. The number of hydrogen-bond acceptors (Lipinski definition) is 6. The van der Waals surface area contributed by atoms with Crippen LogP contribution in [0.15, 0.2) is 16.5 Å². The van der Waals surface area contributed by atoms with Crippen LogP contribution in [0.1, 0.15) is 37.2 Å². The number of likely N-dealkylation sites (tertiary alicyclic amines) is 2. The Kier molecular flexibility index (Phi) is 10.6. The van der Waals surface area contributed by atoms with Crippen molar-refractivity contribution in [2.24, 2.45) is 5.92 Å². The molecule has 3 fully saturated rings. The molecule has 3 aliphatic rings. The molecular formula is C22H30F6N2O6. The summed E-state index contributed by atoms with van der Waals surface area (Å²) in [5.41, 5.74) is 0. The number of furan rings is 1. The lowest BCUT2D eigenvalue weighted by Crippen LogP contribution is -2.39. The van der Waals surface area contributed by atoms with Crippen LogP contribution in [0.2, 0.25) is 0 Å². The largest absolute Gasteiger partial charge is 0.490 e. The van der Waals surface area contributed by atoms with Crippen LogP contribution in [-0.4, -0.2) is 89.2 Å². The minimum atomic E-state index is -5.08. The molecule has 2 atom stereocenters. The van der Waals surface area contributed by atoms with E-state index in [9.17, 15) is 26.3 Å². The fourth-order valence-electron chi connectivity index (χ4n) is 4.62. The Bertz CT molecular complexity index is 829. The lowest BCUT2D eigenvalue weighted by molar-refractivity contribution is -0.193. The van der Waals surface area contributed by atoms with Crippen LogP contribution in [0.3, 0.4) is 0 Å². The number of alkyl halides is 6. The molecule has 8 nitrogen and oxygen atoms in total. The van der Waals surface area contributed by atoms with Crippen molar-refractivity contribution in [1.29, 1.82) is 0 Å². The van der Waals surface area contributed by atoms with Gasteiger partial charge >= 0.3 is 24.3 Å². The first-order valence-electron chi connectivity index (χ1n) is 11.4. The summed E-state index contributed by atoms with van der Waals surface area (Å²) in [4.78, 5) is 23.2. The van der Waals surface area contributed by atoms with E-state index in [0.29, 0.717) is 0 Å². The van der Waals surface area contributed by atoms with Crippen LogP contribution in [0.25, 0.3) is 0 Å². The minimum absolute atomic E-state index is 0.741. The number of carbonyl (C=O) groups is 2. The van der Waals surface area contributed by atoms with E-state index in [0.717, 1.165) is 49.3 Å². The summed E-state index contributed by atoms with van der Waals surface area (Å²) >= 11 is 0. The standard InChI is InChI=1S/C18H28N2O2.2C2HF3O2/c1-14-2-3-16(22-14)13-20-9-5-17-18(20)4-8-19(17)12-15-6-10-21-11-7-15;2*3-2(4,5)1(6)7/h2-3,15,17-18H,4-13H2,1H3;2*(H,6,7). The van der Waals surface area contributed by atoms with Crippen LogP contribution >= 0.6 is 0 Å². The van der Waals surface area contributed by atoms with E-state index < -0.39 is 24.3 Å². The third-order valence-electron chi connectivity index (χ3n) is 6.28. The molecule has 3 saturated heterocycles. The zero-order valence-electron chi connectivity index (χ0n) is 19.6. The summed E-state index contributed by atoms with van der Waals surface area (Å²) in [6.45, 7) is 8.74. The summed E-state index contributed by atoms with van der Waals surface area (Å²) in [6, 6.07) is 5.73. The molecule has 0 saturated carbocycles. The fourth-order valence-corrected chi connectivity index (χ4v) is 4.62. The number of aryl methyl sites for hydroxylation is 1. The van der Waals surface area contributed by atoms with Crippen LogP contribution in [0.5, 0.6) is 0 Å². The Balaban J connectivity index is 0.000000271. The summed E-state index contributed by atoms with van der Waals surface area (Å²) in [7, 11) is 0. The Morgan fingerprint density at radius 3 is 1.81 bits per heavy atom. The van der Waals surface area contributed by atoms with Gasteiger partial charge in [-0.1, -0.05) is 0 Å². The predicted octanol–water partition coefficient (Wildman–Crippen LogP) is 3.93. The van der Waals surface area contributed by atoms with Crippen molar-refractivity contribution < 1.29 is 55.3 Å². The van der Waals surface area contributed by atoms with Crippen LogP contribution < -0.4 is 0 Å². The zero-order chi connectivity index (χ0) is 27.1. The highest BCUT2D eigenvalue weighted by Crippen LogP contribution is 2.34. The molecule has 206 valence electrons. The van der Waals surface area contributed by atoms with Gasteiger partial charge in [0.1, 0.15) is 11.5 Å². The van der Waals surface area contributed by atoms with E-state index in [1.54, 1.807) is 0 Å². The first-order chi connectivity index (χ1) is 16.7. The first-order valence-corrected chi connectivity index (χ1v) is 11.4. The van der Waals surface area contributed by atoms with Gasteiger partial charge < -0.3 is 19.4 Å². The Labute approximate surface area is 203 Å². The molecule has 1 aromatic heterocycles. The summed E-state index contributed by atoms with van der Waals surface area (Å²) in [6.07, 6.45) is -5.01. The highest BCUT2D eigenvalue weighted by Gasteiger charge is 2.43. The number of ether oxygens (including phenoxy) is 1. The average molecular weight is 532 g/mol. The van der Waals surface area contributed by atoms with Gasteiger partial charge in [-0.15, -0.1) is 0 Å². The third-order valence-corrected chi connectivity index (χ3v) is 6.28. The summed E-state index contributed by atoms with van der Waals surface area (Å²) in [5.74, 6) is -2.51. The molecule has 2 N–H and O–H groups in total. The highest BCUT2D eigenvalue weighted by atomic mass is 19.4. The van der Waals surface area contributed by atoms with Gasteiger partial charge in [0.2, 0.25) is 0 Å². The number of carboxylic acids is 2. The molecule has 3 aliphatic heterocycles. The Morgan fingerprint density at radius 2 is 1.36 bits per heavy atom. The summed E-state index contributed by atoms with van der Waals surface area (Å²) in [5, 5.41) is 14.2. The van der Waals surface area contributed by atoms with Crippen molar-refractivity contribution in [1.82, 2.24) is 9.80 Å². The number of fused-ring (bicyclic) bond motifs is 1. The number of aliphatic carboxylic acids is 2. The lowest BCUT2D eigenvalue weighted by atomic mass is 9.99. The second-order valence-corrected chi connectivity index (χ2v) is 8.85. The van der Waals surface area contributed by atoms with Crippen molar-refractivity contribution >= 4 is 11.9 Å². The SMILES string of the molecule is Cc1ccc(CN2CCC3C2CCN3CC2CCOCC2)o1.O=C(O)C(F)(F)F.O=C(O)C(F)(F)F. The maximum Gasteiger partial charge on any atom is 0.490 e. The molecule has 0 spiro atoms. The van der Waals surface area contributed by atoms with E-state index >= 15 is 0 Å². The van der Waals surface area contributed by atoms with Crippen molar-refractivity contribution in [2.45, 2.75) is 63.6 Å².